The van der Waals surface area contributed by atoms with Gasteiger partial charge in [0, 0.05) is 12.2 Å². The Balaban J connectivity index is 2.32. The number of fused-ring (bicyclic) bond motifs is 1. The van der Waals surface area contributed by atoms with E-state index in [1.807, 2.05) is 36.9 Å². The molecule has 1 aromatic carbocycles. The van der Waals surface area contributed by atoms with Gasteiger partial charge in [0.25, 0.3) is 0 Å². The van der Waals surface area contributed by atoms with Crippen LogP contribution in [0.15, 0.2) is 24.3 Å². The molecule has 19 heavy (non-hydrogen) atoms. The lowest BCUT2D eigenvalue weighted by Gasteiger charge is -2.33. The van der Waals surface area contributed by atoms with Crippen molar-refractivity contribution in [2.24, 2.45) is 17.6 Å². The smallest absolute Gasteiger partial charge is 0.237 e. The summed E-state index contributed by atoms with van der Waals surface area (Å²) in [5.41, 5.74) is 7.99. The molecule has 1 unspecified atom stereocenters. The second-order valence-corrected chi connectivity index (χ2v) is 5.82. The van der Waals surface area contributed by atoms with Crippen LogP contribution in [0.1, 0.15) is 25.8 Å². The van der Waals surface area contributed by atoms with Crippen molar-refractivity contribution in [1.82, 2.24) is 0 Å². The summed E-state index contributed by atoms with van der Waals surface area (Å²) in [6.45, 7) is 4.72. The van der Waals surface area contributed by atoms with Crippen LogP contribution in [0.2, 0.25) is 0 Å². The zero-order valence-corrected chi connectivity index (χ0v) is 12.2. The lowest BCUT2D eigenvalue weighted by molar-refractivity contribution is -0.121. The fraction of sp³-hybridized carbons (Fsp3) is 0.467. The van der Waals surface area contributed by atoms with Crippen molar-refractivity contribution in [3.8, 4) is 0 Å². The summed E-state index contributed by atoms with van der Waals surface area (Å²) in [5.74, 6) is -0.213. The van der Waals surface area contributed by atoms with Crippen LogP contribution in [0.3, 0.4) is 0 Å². The van der Waals surface area contributed by atoms with Crippen LogP contribution in [0.25, 0.3) is 0 Å². The third kappa shape index (κ3) is 2.78. The molecule has 0 aliphatic carbocycles. The zero-order chi connectivity index (χ0) is 14.0. The Kier molecular flexibility index (Phi) is 4.20. The van der Waals surface area contributed by atoms with Crippen molar-refractivity contribution >= 4 is 28.8 Å². The number of benzene rings is 1. The van der Waals surface area contributed by atoms with Crippen LogP contribution in [-0.4, -0.2) is 17.4 Å². The molecule has 3 nitrogen and oxygen atoms in total. The summed E-state index contributed by atoms with van der Waals surface area (Å²) in [4.78, 5) is 14.8. The minimum absolute atomic E-state index is 0.0367. The average molecular weight is 276 g/mol. The highest BCUT2D eigenvalue weighted by atomic mass is 32.1. The summed E-state index contributed by atoms with van der Waals surface area (Å²) in [6.07, 6.45) is 2.02. The van der Waals surface area contributed by atoms with Crippen LogP contribution < -0.4 is 10.6 Å². The first-order valence-corrected chi connectivity index (χ1v) is 7.11. The molecule has 102 valence electrons. The van der Waals surface area contributed by atoms with E-state index in [9.17, 15) is 4.79 Å². The van der Waals surface area contributed by atoms with E-state index in [1.54, 1.807) is 0 Å². The average Bonchev–Trinajstić information content (AvgIpc) is 2.37. The summed E-state index contributed by atoms with van der Waals surface area (Å²) < 4.78 is 0. The Hall–Kier alpha value is -1.42. The molecule has 0 saturated heterocycles. The van der Waals surface area contributed by atoms with E-state index < -0.39 is 0 Å². The second-order valence-electron chi connectivity index (χ2n) is 5.35. The zero-order valence-electron chi connectivity index (χ0n) is 11.4. The lowest BCUT2D eigenvalue weighted by Crippen LogP contribution is -2.45. The first kappa shape index (κ1) is 14.0. The number of rotatable bonds is 3. The highest BCUT2D eigenvalue weighted by Gasteiger charge is 2.32. The van der Waals surface area contributed by atoms with Gasteiger partial charge in [0.05, 0.1) is 10.9 Å². The number of amides is 1. The van der Waals surface area contributed by atoms with Crippen molar-refractivity contribution in [3.05, 3.63) is 29.8 Å². The number of hydrogen-bond acceptors (Lipinski definition) is 2. The molecule has 0 spiro atoms. The third-order valence-electron chi connectivity index (χ3n) is 3.62. The molecule has 1 aliphatic rings. The van der Waals surface area contributed by atoms with E-state index >= 15 is 0 Å². The number of carbonyl (C=O) groups is 1. The summed E-state index contributed by atoms with van der Waals surface area (Å²) in [6, 6.07) is 8.07. The molecule has 1 aliphatic heterocycles. The molecular weight excluding hydrogens is 256 g/mol. The fourth-order valence-corrected chi connectivity index (χ4v) is 3.04. The molecule has 0 radical (unpaired) electrons. The molecular formula is C15H20N2OS. The van der Waals surface area contributed by atoms with Crippen LogP contribution in [0.5, 0.6) is 0 Å². The highest BCUT2D eigenvalue weighted by Crippen LogP contribution is 2.29. The third-order valence-corrected chi connectivity index (χ3v) is 3.87. The maximum Gasteiger partial charge on any atom is 0.237 e. The molecule has 0 aromatic heterocycles. The van der Waals surface area contributed by atoms with Gasteiger partial charge in [-0.2, -0.15) is 0 Å². The molecule has 1 amide bonds. The number of anilines is 1. The van der Waals surface area contributed by atoms with E-state index in [-0.39, 0.29) is 17.7 Å². The highest BCUT2D eigenvalue weighted by molar-refractivity contribution is 7.80. The number of para-hydroxylation sites is 1. The molecule has 2 N–H and O–H groups in total. The predicted octanol–water partition coefficient (Wildman–Crippen LogP) is 2.52. The van der Waals surface area contributed by atoms with Gasteiger partial charge in [-0.1, -0.05) is 44.3 Å². The Bertz CT molecular complexity index is 499. The molecule has 0 saturated carbocycles. The predicted molar refractivity (Wildman–Crippen MR) is 82.2 cm³/mol. The Morgan fingerprint density at radius 3 is 2.68 bits per heavy atom. The van der Waals surface area contributed by atoms with Gasteiger partial charge in [-0.25, -0.2) is 0 Å². The Morgan fingerprint density at radius 1 is 1.37 bits per heavy atom. The topological polar surface area (TPSA) is 46.3 Å². The maximum absolute atomic E-state index is 12.7. The summed E-state index contributed by atoms with van der Waals surface area (Å²) >= 11 is 5.07. The van der Waals surface area contributed by atoms with Crippen LogP contribution >= 0.6 is 12.2 Å². The standard InChI is InChI=1S/C15H20N2OS/c1-10(2)13(14(16)19)15(18)17-9-5-7-11-6-3-4-8-12(11)17/h3-4,6,8,10,13H,5,7,9H2,1-2H3,(H2,16,19). The van der Waals surface area contributed by atoms with Gasteiger partial charge < -0.3 is 10.6 Å². The van der Waals surface area contributed by atoms with E-state index in [0.717, 1.165) is 25.1 Å². The van der Waals surface area contributed by atoms with Crippen molar-refractivity contribution in [2.75, 3.05) is 11.4 Å². The van der Waals surface area contributed by atoms with Crippen LogP contribution in [-0.2, 0) is 11.2 Å². The first-order chi connectivity index (χ1) is 9.02. The van der Waals surface area contributed by atoms with E-state index in [1.165, 1.54) is 5.56 Å². The van der Waals surface area contributed by atoms with Gasteiger partial charge in [-0.15, -0.1) is 0 Å². The fourth-order valence-electron chi connectivity index (χ4n) is 2.67. The van der Waals surface area contributed by atoms with Crippen molar-refractivity contribution in [3.63, 3.8) is 0 Å². The van der Waals surface area contributed by atoms with Gasteiger partial charge >= 0.3 is 0 Å². The second kappa shape index (κ2) is 5.70. The first-order valence-electron chi connectivity index (χ1n) is 6.71. The van der Waals surface area contributed by atoms with Gasteiger partial charge in [0.2, 0.25) is 5.91 Å². The number of hydrogen-bond donors (Lipinski definition) is 1. The summed E-state index contributed by atoms with van der Waals surface area (Å²) in [7, 11) is 0. The number of thiocarbonyl (C=S) groups is 1. The largest absolute Gasteiger partial charge is 0.393 e. The monoisotopic (exact) mass is 276 g/mol. The number of carbonyl (C=O) groups excluding carboxylic acids is 1. The quantitative estimate of drug-likeness (QED) is 0.863. The van der Waals surface area contributed by atoms with E-state index in [2.05, 4.69) is 6.07 Å². The van der Waals surface area contributed by atoms with E-state index in [4.69, 9.17) is 18.0 Å². The van der Waals surface area contributed by atoms with Gasteiger partial charge in [0.1, 0.15) is 0 Å². The van der Waals surface area contributed by atoms with Gasteiger partial charge in [-0.05, 0) is 30.4 Å². The number of nitrogens with zero attached hydrogens (tertiary/aromatic N) is 1. The molecule has 4 heteroatoms. The Labute approximate surface area is 119 Å². The van der Waals surface area contributed by atoms with Gasteiger partial charge in [0.15, 0.2) is 0 Å². The van der Waals surface area contributed by atoms with Crippen molar-refractivity contribution in [1.29, 1.82) is 0 Å². The van der Waals surface area contributed by atoms with Crippen LogP contribution in [0.4, 0.5) is 5.69 Å². The van der Waals surface area contributed by atoms with E-state index in [0.29, 0.717) is 4.99 Å². The molecule has 0 bridgehead atoms. The van der Waals surface area contributed by atoms with Gasteiger partial charge in [-0.3, -0.25) is 4.79 Å². The maximum atomic E-state index is 12.7. The summed E-state index contributed by atoms with van der Waals surface area (Å²) in [5, 5.41) is 0. The minimum atomic E-state index is -0.374. The molecule has 0 fully saturated rings. The number of aryl methyl sites for hydroxylation is 1. The normalized spacial score (nSPS) is 16.1. The minimum Gasteiger partial charge on any atom is -0.393 e. The molecule has 1 heterocycles. The van der Waals surface area contributed by atoms with Crippen LogP contribution in [0, 0.1) is 11.8 Å². The molecule has 1 aromatic rings. The molecule has 2 rings (SSSR count). The molecule has 1 atom stereocenters. The number of nitrogens with two attached hydrogens (primary N) is 1. The lowest BCUT2D eigenvalue weighted by atomic mass is 9.92. The van der Waals surface area contributed by atoms with Crippen molar-refractivity contribution < 1.29 is 4.79 Å². The SMILES string of the molecule is CC(C)C(C(=O)N1CCCc2ccccc21)C(N)=S. The van der Waals surface area contributed by atoms with Crippen molar-refractivity contribution in [2.45, 2.75) is 26.7 Å². The Morgan fingerprint density at radius 2 is 2.05 bits per heavy atom.